The molecule has 0 radical (unpaired) electrons. The number of guanidine groups is 1. The van der Waals surface area contributed by atoms with Crippen LogP contribution in [-0.2, 0) is 9.59 Å². The standard InChI is InChI=1S/C20H29N5O3/c1-2-21-20(24-12-11-22-19(27)15-8-9-15)23-10-5-13-25-16-6-3-4-7-17(16)28-14-18(25)26/h3-4,6-7,15H,2,5,8-14H2,1H3,(H,22,27)(H2,21,23,24). The highest BCUT2D eigenvalue weighted by atomic mass is 16.5. The minimum absolute atomic E-state index is 0.0286. The molecule has 2 amide bonds. The Bertz CT molecular complexity index is 718. The number of fused-ring (bicyclic) bond motifs is 1. The molecule has 1 heterocycles. The third-order valence-corrected chi connectivity index (χ3v) is 4.63. The van der Waals surface area contributed by atoms with Crippen molar-refractivity contribution < 1.29 is 14.3 Å². The van der Waals surface area contributed by atoms with Crippen molar-refractivity contribution in [3.63, 3.8) is 0 Å². The van der Waals surface area contributed by atoms with Gasteiger partial charge in [-0.25, -0.2) is 0 Å². The lowest BCUT2D eigenvalue weighted by Crippen LogP contribution is -2.42. The Labute approximate surface area is 165 Å². The molecular weight excluding hydrogens is 358 g/mol. The summed E-state index contributed by atoms with van der Waals surface area (Å²) >= 11 is 0. The van der Waals surface area contributed by atoms with Crippen molar-refractivity contribution in [3.05, 3.63) is 24.3 Å². The Balaban J connectivity index is 1.42. The first-order valence-electron chi connectivity index (χ1n) is 10.0. The van der Waals surface area contributed by atoms with Gasteiger partial charge in [0.25, 0.3) is 5.91 Å². The largest absolute Gasteiger partial charge is 0.482 e. The van der Waals surface area contributed by atoms with E-state index in [4.69, 9.17) is 4.74 Å². The third kappa shape index (κ3) is 5.61. The molecule has 3 N–H and O–H groups in total. The van der Waals surface area contributed by atoms with Gasteiger partial charge < -0.3 is 25.6 Å². The smallest absolute Gasteiger partial charge is 0.265 e. The predicted octanol–water partition coefficient (Wildman–Crippen LogP) is 0.883. The molecule has 0 spiro atoms. The monoisotopic (exact) mass is 387 g/mol. The van der Waals surface area contributed by atoms with Crippen LogP contribution in [0, 0.1) is 5.92 Å². The van der Waals surface area contributed by atoms with Gasteiger partial charge in [0.05, 0.1) is 5.69 Å². The van der Waals surface area contributed by atoms with Gasteiger partial charge in [-0.1, -0.05) is 12.1 Å². The molecule has 0 atom stereocenters. The van der Waals surface area contributed by atoms with Gasteiger partial charge >= 0.3 is 0 Å². The van der Waals surface area contributed by atoms with E-state index < -0.39 is 0 Å². The zero-order valence-electron chi connectivity index (χ0n) is 16.4. The molecule has 1 aliphatic heterocycles. The Morgan fingerprint density at radius 1 is 1.21 bits per heavy atom. The normalized spacial score (nSPS) is 16.2. The SMILES string of the molecule is CCNC(=NCCCN1C(=O)COc2ccccc21)NCCNC(=O)C1CC1. The molecule has 8 heteroatoms. The van der Waals surface area contributed by atoms with Crippen LogP contribution in [0.2, 0.25) is 0 Å². The highest BCUT2D eigenvalue weighted by Gasteiger charge is 2.29. The lowest BCUT2D eigenvalue weighted by atomic mass is 10.2. The Hall–Kier alpha value is -2.77. The first-order valence-corrected chi connectivity index (χ1v) is 10.0. The highest BCUT2D eigenvalue weighted by molar-refractivity contribution is 5.97. The maximum Gasteiger partial charge on any atom is 0.265 e. The van der Waals surface area contributed by atoms with Gasteiger partial charge in [0.1, 0.15) is 5.75 Å². The average Bonchev–Trinajstić information content (AvgIpc) is 3.55. The number of para-hydroxylation sites is 2. The summed E-state index contributed by atoms with van der Waals surface area (Å²) in [4.78, 5) is 30.1. The van der Waals surface area contributed by atoms with Crippen LogP contribution in [0.25, 0.3) is 0 Å². The van der Waals surface area contributed by atoms with Crippen LogP contribution in [0.1, 0.15) is 26.2 Å². The fourth-order valence-electron chi connectivity index (χ4n) is 3.02. The molecule has 1 aliphatic carbocycles. The van der Waals surface area contributed by atoms with E-state index in [-0.39, 0.29) is 24.3 Å². The molecule has 0 unspecified atom stereocenters. The maximum atomic E-state index is 12.2. The molecule has 3 rings (SSSR count). The average molecular weight is 387 g/mol. The van der Waals surface area contributed by atoms with Crippen molar-refractivity contribution >= 4 is 23.5 Å². The van der Waals surface area contributed by atoms with Gasteiger partial charge in [0.2, 0.25) is 5.91 Å². The van der Waals surface area contributed by atoms with Crippen molar-refractivity contribution in [2.75, 3.05) is 44.2 Å². The molecule has 28 heavy (non-hydrogen) atoms. The number of amides is 2. The molecule has 0 saturated heterocycles. The summed E-state index contributed by atoms with van der Waals surface area (Å²) in [5.41, 5.74) is 0.819. The zero-order valence-corrected chi connectivity index (χ0v) is 16.4. The minimum Gasteiger partial charge on any atom is -0.482 e. The van der Waals surface area contributed by atoms with E-state index in [0.717, 1.165) is 43.2 Å². The van der Waals surface area contributed by atoms with Crippen molar-refractivity contribution in [1.82, 2.24) is 16.0 Å². The molecule has 0 bridgehead atoms. The van der Waals surface area contributed by atoms with E-state index >= 15 is 0 Å². The molecule has 1 saturated carbocycles. The number of nitrogens with zero attached hydrogens (tertiary/aromatic N) is 2. The van der Waals surface area contributed by atoms with E-state index in [1.807, 2.05) is 31.2 Å². The molecule has 152 valence electrons. The Kier molecular flexibility index (Phi) is 7.11. The summed E-state index contributed by atoms with van der Waals surface area (Å²) in [5, 5.41) is 9.34. The van der Waals surface area contributed by atoms with Crippen molar-refractivity contribution in [1.29, 1.82) is 0 Å². The van der Waals surface area contributed by atoms with Gasteiger partial charge in [0.15, 0.2) is 12.6 Å². The number of carbonyl (C=O) groups is 2. The number of hydrogen-bond donors (Lipinski definition) is 3. The van der Waals surface area contributed by atoms with Gasteiger partial charge in [-0.05, 0) is 38.3 Å². The number of benzene rings is 1. The second kappa shape index (κ2) is 9.96. The maximum absolute atomic E-state index is 12.2. The lowest BCUT2D eigenvalue weighted by Gasteiger charge is -2.29. The number of hydrogen-bond acceptors (Lipinski definition) is 4. The van der Waals surface area contributed by atoms with E-state index in [0.29, 0.717) is 26.2 Å². The minimum atomic E-state index is -0.0286. The van der Waals surface area contributed by atoms with E-state index in [1.54, 1.807) is 4.90 Å². The van der Waals surface area contributed by atoms with Crippen molar-refractivity contribution in [3.8, 4) is 5.75 Å². The van der Waals surface area contributed by atoms with Crippen LogP contribution in [0.5, 0.6) is 5.75 Å². The number of nitrogens with one attached hydrogen (secondary N) is 3. The third-order valence-electron chi connectivity index (χ3n) is 4.63. The van der Waals surface area contributed by atoms with Crippen LogP contribution >= 0.6 is 0 Å². The summed E-state index contributed by atoms with van der Waals surface area (Å²) < 4.78 is 5.46. The highest BCUT2D eigenvalue weighted by Crippen LogP contribution is 2.31. The van der Waals surface area contributed by atoms with E-state index in [2.05, 4.69) is 20.9 Å². The number of aliphatic imine (C=N–C) groups is 1. The first-order chi connectivity index (χ1) is 13.7. The quantitative estimate of drug-likeness (QED) is 0.332. The summed E-state index contributed by atoms with van der Waals surface area (Å²) in [7, 11) is 0. The predicted molar refractivity (Wildman–Crippen MR) is 109 cm³/mol. The van der Waals surface area contributed by atoms with Crippen LogP contribution < -0.4 is 25.6 Å². The summed E-state index contributed by atoms with van der Waals surface area (Å²) in [5.74, 6) is 1.82. The second-order valence-electron chi connectivity index (χ2n) is 6.91. The first kappa shape index (κ1) is 20.0. The number of rotatable bonds is 9. The topological polar surface area (TPSA) is 95.1 Å². The number of carbonyl (C=O) groups excluding carboxylic acids is 2. The van der Waals surface area contributed by atoms with E-state index in [9.17, 15) is 9.59 Å². The van der Waals surface area contributed by atoms with E-state index in [1.165, 1.54) is 0 Å². The van der Waals surface area contributed by atoms with Gasteiger partial charge in [-0.2, -0.15) is 0 Å². The summed E-state index contributed by atoms with van der Waals surface area (Å²) in [6.07, 6.45) is 2.77. The van der Waals surface area contributed by atoms with Crippen LogP contribution in [-0.4, -0.2) is 57.1 Å². The van der Waals surface area contributed by atoms with Gasteiger partial charge in [-0.15, -0.1) is 0 Å². The van der Waals surface area contributed by atoms with Gasteiger partial charge in [0, 0.05) is 38.6 Å². The molecule has 1 aromatic rings. The van der Waals surface area contributed by atoms with Crippen LogP contribution in [0.15, 0.2) is 29.3 Å². The molecule has 1 fully saturated rings. The second-order valence-corrected chi connectivity index (χ2v) is 6.91. The molecular formula is C20H29N5O3. The zero-order chi connectivity index (χ0) is 19.8. The molecule has 1 aromatic carbocycles. The fourth-order valence-corrected chi connectivity index (χ4v) is 3.02. The number of anilines is 1. The summed E-state index contributed by atoms with van der Waals surface area (Å²) in [6, 6.07) is 7.58. The molecule has 8 nitrogen and oxygen atoms in total. The van der Waals surface area contributed by atoms with Crippen LogP contribution in [0.3, 0.4) is 0 Å². The Morgan fingerprint density at radius 3 is 2.79 bits per heavy atom. The van der Waals surface area contributed by atoms with Crippen LogP contribution in [0.4, 0.5) is 5.69 Å². The molecule has 0 aromatic heterocycles. The summed E-state index contributed by atoms with van der Waals surface area (Å²) in [6.45, 7) is 5.25. The number of ether oxygens (including phenoxy) is 1. The molecule has 2 aliphatic rings. The van der Waals surface area contributed by atoms with Crippen molar-refractivity contribution in [2.24, 2.45) is 10.9 Å². The van der Waals surface area contributed by atoms with Gasteiger partial charge in [-0.3, -0.25) is 14.6 Å². The lowest BCUT2D eigenvalue weighted by molar-refractivity contribution is -0.122. The Morgan fingerprint density at radius 2 is 2.00 bits per heavy atom. The van der Waals surface area contributed by atoms with Crippen molar-refractivity contribution in [2.45, 2.75) is 26.2 Å². The fraction of sp³-hybridized carbons (Fsp3) is 0.550.